The highest BCUT2D eigenvalue weighted by Crippen LogP contribution is 2.28. The largest absolute Gasteiger partial charge is 0.497 e. The summed E-state index contributed by atoms with van der Waals surface area (Å²) >= 11 is 0. The van der Waals surface area contributed by atoms with Crippen molar-refractivity contribution in [2.45, 2.75) is 0 Å². The lowest BCUT2D eigenvalue weighted by atomic mass is 10.2. The molecule has 6 heteroatoms. The number of carbonyl (C=O) groups excluding carboxylic acids is 2. The quantitative estimate of drug-likeness (QED) is 0.856. The number of amides is 2. The first kappa shape index (κ1) is 16.4. The molecule has 2 aromatic rings. The van der Waals surface area contributed by atoms with Crippen molar-refractivity contribution in [3.05, 3.63) is 54.1 Å². The number of carbonyl (C=O) groups is 2. The molecule has 0 unspecified atom stereocenters. The van der Waals surface area contributed by atoms with E-state index in [1.54, 1.807) is 49.6 Å². The molecule has 2 rings (SSSR count). The van der Waals surface area contributed by atoms with E-state index < -0.39 is 0 Å². The van der Waals surface area contributed by atoms with Crippen LogP contribution in [0.15, 0.2) is 48.5 Å². The molecular formula is C17H18N2O4. The first-order valence-electron chi connectivity index (χ1n) is 6.99. The molecule has 0 saturated carbocycles. The maximum absolute atomic E-state index is 12.0. The van der Waals surface area contributed by atoms with Gasteiger partial charge in [0.1, 0.15) is 11.5 Å². The fourth-order valence-electron chi connectivity index (χ4n) is 1.95. The van der Waals surface area contributed by atoms with Gasteiger partial charge in [-0.1, -0.05) is 18.2 Å². The topological polar surface area (TPSA) is 76.7 Å². The predicted molar refractivity (Wildman–Crippen MR) is 87.0 cm³/mol. The molecule has 0 aliphatic rings. The zero-order chi connectivity index (χ0) is 16.7. The maximum Gasteiger partial charge on any atom is 0.251 e. The molecule has 0 saturated heterocycles. The van der Waals surface area contributed by atoms with Crippen LogP contribution in [0, 0.1) is 0 Å². The number of benzene rings is 2. The van der Waals surface area contributed by atoms with Crippen molar-refractivity contribution in [1.29, 1.82) is 0 Å². The molecule has 0 fully saturated rings. The van der Waals surface area contributed by atoms with E-state index in [9.17, 15) is 9.59 Å². The van der Waals surface area contributed by atoms with Gasteiger partial charge in [-0.15, -0.1) is 0 Å². The fraction of sp³-hybridized carbons (Fsp3) is 0.176. The lowest BCUT2D eigenvalue weighted by Crippen LogP contribution is -2.32. The minimum atomic E-state index is -0.349. The number of anilines is 1. The monoisotopic (exact) mass is 314 g/mol. The molecule has 0 aliphatic heterocycles. The Kier molecular flexibility index (Phi) is 5.57. The Hall–Kier alpha value is -3.02. The van der Waals surface area contributed by atoms with Crippen LogP contribution in [0.4, 0.5) is 5.69 Å². The molecule has 0 aliphatic carbocycles. The molecular weight excluding hydrogens is 296 g/mol. The smallest absolute Gasteiger partial charge is 0.251 e. The summed E-state index contributed by atoms with van der Waals surface area (Å²) in [7, 11) is 3.05. The highest BCUT2D eigenvalue weighted by atomic mass is 16.5. The standard InChI is InChI=1S/C17H18N2O4/c1-22-13-8-9-14(15(10-13)23-2)19-16(20)11-18-17(21)12-6-4-3-5-7-12/h3-10H,11H2,1-2H3,(H,18,21)(H,19,20). The minimum absolute atomic E-state index is 0.136. The first-order valence-corrected chi connectivity index (χ1v) is 6.99. The normalized spacial score (nSPS) is 9.83. The van der Waals surface area contributed by atoms with E-state index in [1.807, 2.05) is 6.07 Å². The molecule has 6 nitrogen and oxygen atoms in total. The van der Waals surface area contributed by atoms with Gasteiger partial charge in [0.05, 0.1) is 26.5 Å². The van der Waals surface area contributed by atoms with E-state index in [0.717, 1.165) is 0 Å². The number of hydrogen-bond donors (Lipinski definition) is 2. The van der Waals surface area contributed by atoms with Crippen LogP contribution < -0.4 is 20.1 Å². The average molecular weight is 314 g/mol. The summed E-state index contributed by atoms with van der Waals surface area (Å²) in [5.41, 5.74) is 1.01. The molecule has 0 radical (unpaired) electrons. The number of rotatable bonds is 6. The van der Waals surface area contributed by atoms with Crippen LogP contribution >= 0.6 is 0 Å². The molecule has 2 N–H and O–H groups in total. The molecule has 0 aromatic heterocycles. The van der Waals surface area contributed by atoms with E-state index in [4.69, 9.17) is 9.47 Å². The van der Waals surface area contributed by atoms with Crippen LogP contribution in [0.3, 0.4) is 0 Å². The van der Waals surface area contributed by atoms with E-state index in [-0.39, 0.29) is 18.4 Å². The van der Waals surface area contributed by atoms with Crippen molar-refractivity contribution in [1.82, 2.24) is 5.32 Å². The van der Waals surface area contributed by atoms with E-state index in [2.05, 4.69) is 10.6 Å². The summed E-state index contributed by atoms with van der Waals surface area (Å²) in [5, 5.41) is 5.25. The van der Waals surface area contributed by atoms with Crippen LogP contribution in [-0.4, -0.2) is 32.6 Å². The van der Waals surface area contributed by atoms with E-state index in [1.165, 1.54) is 7.11 Å². The van der Waals surface area contributed by atoms with Gasteiger partial charge in [-0.3, -0.25) is 9.59 Å². The zero-order valence-electron chi connectivity index (χ0n) is 13.0. The minimum Gasteiger partial charge on any atom is -0.497 e. The first-order chi connectivity index (χ1) is 11.1. The Labute approximate surface area is 134 Å². The third kappa shape index (κ3) is 4.47. The Balaban J connectivity index is 1.93. The van der Waals surface area contributed by atoms with Gasteiger partial charge in [-0.2, -0.15) is 0 Å². The fourth-order valence-corrected chi connectivity index (χ4v) is 1.95. The Bertz CT molecular complexity index is 686. The Morgan fingerprint density at radius 2 is 1.74 bits per heavy atom. The zero-order valence-corrected chi connectivity index (χ0v) is 13.0. The molecule has 0 spiro atoms. The summed E-state index contributed by atoms with van der Waals surface area (Å²) in [6.07, 6.45) is 0. The highest BCUT2D eigenvalue weighted by Gasteiger charge is 2.11. The SMILES string of the molecule is COc1ccc(NC(=O)CNC(=O)c2ccccc2)c(OC)c1. The lowest BCUT2D eigenvalue weighted by Gasteiger charge is -2.12. The average Bonchev–Trinajstić information content (AvgIpc) is 2.60. The van der Waals surface area contributed by atoms with Gasteiger partial charge in [-0.25, -0.2) is 0 Å². The van der Waals surface area contributed by atoms with Crippen molar-refractivity contribution in [2.75, 3.05) is 26.1 Å². The Morgan fingerprint density at radius 3 is 2.39 bits per heavy atom. The molecule has 0 bridgehead atoms. The Morgan fingerprint density at radius 1 is 1.00 bits per heavy atom. The van der Waals surface area contributed by atoms with Gasteiger partial charge in [0.25, 0.3) is 5.91 Å². The summed E-state index contributed by atoms with van der Waals surface area (Å²) < 4.78 is 10.3. The highest BCUT2D eigenvalue weighted by molar-refractivity contribution is 5.99. The summed E-state index contributed by atoms with van der Waals surface area (Å²) in [6.45, 7) is -0.136. The molecule has 120 valence electrons. The maximum atomic E-state index is 12.0. The predicted octanol–water partition coefficient (Wildman–Crippen LogP) is 2.07. The number of ether oxygens (including phenoxy) is 2. The summed E-state index contributed by atoms with van der Waals surface area (Å²) in [5.74, 6) is 0.449. The van der Waals surface area contributed by atoms with Gasteiger partial charge in [0.2, 0.25) is 5.91 Å². The van der Waals surface area contributed by atoms with Gasteiger partial charge < -0.3 is 20.1 Å². The molecule has 2 amide bonds. The van der Waals surface area contributed by atoms with Crippen LogP contribution in [-0.2, 0) is 4.79 Å². The molecule has 2 aromatic carbocycles. The van der Waals surface area contributed by atoms with Crippen molar-refractivity contribution in [2.24, 2.45) is 0 Å². The van der Waals surface area contributed by atoms with Crippen LogP contribution in [0.5, 0.6) is 11.5 Å². The summed E-state index contributed by atoms with van der Waals surface area (Å²) in [6, 6.07) is 13.8. The van der Waals surface area contributed by atoms with Gasteiger partial charge >= 0.3 is 0 Å². The number of nitrogens with one attached hydrogen (secondary N) is 2. The second kappa shape index (κ2) is 7.84. The third-order valence-electron chi connectivity index (χ3n) is 3.13. The second-order valence-electron chi connectivity index (χ2n) is 4.66. The van der Waals surface area contributed by atoms with Crippen LogP contribution in [0.1, 0.15) is 10.4 Å². The van der Waals surface area contributed by atoms with Crippen molar-refractivity contribution in [3.8, 4) is 11.5 Å². The molecule has 0 heterocycles. The van der Waals surface area contributed by atoms with Gasteiger partial charge in [0, 0.05) is 11.6 Å². The van der Waals surface area contributed by atoms with E-state index in [0.29, 0.717) is 22.7 Å². The van der Waals surface area contributed by atoms with Crippen LogP contribution in [0.25, 0.3) is 0 Å². The van der Waals surface area contributed by atoms with Crippen molar-refractivity contribution >= 4 is 17.5 Å². The number of methoxy groups -OCH3 is 2. The summed E-state index contributed by atoms with van der Waals surface area (Å²) in [4.78, 5) is 23.8. The lowest BCUT2D eigenvalue weighted by molar-refractivity contribution is -0.115. The molecule has 0 atom stereocenters. The second-order valence-corrected chi connectivity index (χ2v) is 4.66. The van der Waals surface area contributed by atoms with E-state index >= 15 is 0 Å². The van der Waals surface area contributed by atoms with Crippen molar-refractivity contribution < 1.29 is 19.1 Å². The third-order valence-corrected chi connectivity index (χ3v) is 3.13. The number of hydrogen-bond acceptors (Lipinski definition) is 4. The van der Waals surface area contributed by atoms with Crippen molar-refractivity contribution in [3.63, 3.8) is 0 Å². The molecule has 23 heavy (non-hydrogen) atoms. The van der Waals surface area contributed by atoms with Gasteiger partial charge in [-0.05, 0) is 24.3 Å². The van der Waals surface area contributed by atoms with Gasteiger partial charge in [0.15, 0.2) is 0 Å². The van der Waals surface area contributed by atoms with Crippen LogP contribution in [0.2, 0.25) is 0 Å².